The van der Waals surface area contributed by atoms with Crippen molar-refractivity contribution in [3.63, 3.8) is 0 Å². The van der Waals surface area contributed by atoms with Crippen LogP contribution in [0.3, 0.4) is 0 Å². The molecule has 21 heavy (non-hydrogen) atoms. The topological polar surface area (TPSA) is 30.3 Å². The van der Waals surface area contributed by atoms with E-state index >= 15 is 0 Å². The highest BCUT2D eigenvalue weighted by molar-refractivity contribution is 6.16. The van der Waals surface area contributed by atoms with E-state index in [0.29, 0.717) is 11.9 Å². The van der Waals surface area contributed by atoms with Crippen LogP contribution in [0, 0.1) is 0 Å². The van der Waals surface area contributed by atoms with E-state index in [1.165, 1.54) is 12.8 Å². The molecule has 2 aromatic rings. The summed E-state index contributed by atoms with van der Waals surface area (Å²) in [7, 11) is 3.90. The Hall–Kier alpha value is -1.26. The quantitative estimate of drug-likeness (QED) is 0.767. The smallest absolute Gasteiger partial charge is 0.124 e. The molecule has 0 bridgehead atoms. The molecule has 1 heterocycles. The van der Waals surface area contributed by atoms with Gasteiger partial charge in [-0.15, -0.1) is 11.6 Å². The molecule has 3 rings (SSSR count). The van der Waals surface area contributed by atoms with E-state index in [1.54, 1.807) is 7.11 Å². The van der Waals surface area contributed by atoms with Crippen LogP contribution in [-0.4, -0.2) is 40.7 Å². The number of fused-ring (bicyclic) bond motifs is 1. The summed E-state index contributed by atoms with van der Waals surface area (Å²) in [5.74, 6) is 2.21. The first-order chi connectivity index (χ1) is 10.1. The minimum atomic E-state index is 0.427. The van der Waals surface area contributed by atoms with Gasteiger partial charge in [0.1, 0.15) is 11.6 Å². The van der Waals surface area contributed by atoms with Crippen LogP contribution in [0.4, 0.5) is 0 Å². The summed E-state index contributed by atoms with van der Waals surface area (Å²) in [6.07, 6.45) is 2.64. The Morgan fingerprint density at radius 2 is 2.24 bits per heavy atom. The number of halogens is 1. The Labute approximate surface area is 130 Å². The molecule has 1 fully saturated rings. The van der Waals surface area contributed by atoms with Gasteiger partial charge in [-0.05, 0) is 38.9 Å². The minimum absolute atomic E-state index is 0.427. The van der Waals surface area contributed by atoms with Gasteiger partial charge in [0.05, 0.1) is 24.0 Å². The number of ether oxygens (including phenoxy) is 1. The number of imidazole rings is 1. The predicted molar refractivity (Wildman–Crippen MR) is 86.1 cm³/mol. The summed E-state index contributed by atoms with van der Waals surface area (Å²) in [6, 6.07) is 7.20. The van der Waals surface area contributed by atoms with E-state index in [1.807, 2.05) is 18.2 Å². The fourth-order valence-corrected chi connectivity index (χ4v) is 3.02. The molecule has 1 aliphatic rings. The standard InChI is InChI=1S/C16H22ClN3O/c1-11(19(2)12-4-5-12)10-20-15-8-13(21-3)6-7-14(15)18-16(20)9-17/h6-8,11-12H,4-5,9-10H2,1-3H3. The number of rotatable bonds is 6. The summed E-state index contributed by atoms with van der Waals surface area (Å²) >= 11 is 6.09. The lowest BCUT2D eigenvalue weighted by molar-refractivity contribution is 0.226. The number of alkyl halides is 1. The minimum Gasteiger partial charge on any atom is -0.497 e. The van der Waals surface area contributed by atoms with Gasteiger partial charge in [-0.25, -0.2) is 4.98 Å². The van der Waals surface area contributed by atoms with Crippen molar-refractivity contribution in [3.8, 4) is 5.75 Å². The third-order valence-electron chi connectivity index (χ3n) is 4.42. The van der Waals surface area contributed by atoms with Gasteiger partial charge in [-0.1, -0.05) is 0 Å². The van der Waals surface area contributed by atoms with Gasteiger partial charge in [0.25, 0.3) is 0 Å². The van der Waals surface area contributed by atoms with Crippen LogP contribution < -0.4 is 4.74 Å². The molecule has 0 spiro atoms. The molecular formula is C16H22ClN3O. The molecule has 0 saturated heterocycles. The van der Waals surface area contributed by atoms with Gasteiger partial charge in [-0.2, -0.15) is 0 Å². The SMILES string of the molecule is COc1ccc2nc(CCl)n(CC(C)N(C)C3CC3)c2c1. The van der Waals surface area contributed by atoms with Gasteiger partial charge in [0, 0.05) is 24.7 Å². The molecule has 1 saturated carbocycles. The van der Waals surface area contributed by atoms with Crippen LogP contribution in [-0.2, 0) is 12.4 Å². The van der Waals surface area contributed by atoms with Gasteiger partial charge in [0.15, 0.2) is 0 Å². The highest BCUT2D eigenvalue weighted by Gasteiger charge is 2.29. The molecule has 114 valence electrons. The number of benzene rings is 1. The second-order valence-corrected chi connectivity index (χ2v) is 6.14. The molecule has 0 amide bonds. The van der Waals surface area contributed by atoms with E-state index in [-0.39, 0.29) is 0 Å². The number of hydrogen-bond donors (Lipinski definition) is 0. The van der Waals surface area contributed by atoms with Crippen LogP contribution in [0.15, 0.2) is 18.2 Å². The Kier molecular flexibility index (Phi) is 4.09. The summed E-state index contributed by atoms with van der Waals surface area (Å²) in [5.41, 5.74) is 2.08. The maximum Gasteiger partial charge on any atom is 0.124 e. The molecule has 1 unspecified atom stereocenters. The third-order valence-corrected chi connectivity index (χ3v) is 4.66. The van der Waals surface area contributed by atoms with Crippen LogP contribution in [0.25, 0.3) is 11.0 Å². The van der Waals surface area contributed by atoms with Crippen molar-refractivity contribution in [1.29, 1.82) is 0 Å². The Morgan fingerprint density at radius 1 is 1.48 bits per heavy atom. The zero-order chi connectivity index (χ0) is 15.0. The average Bonchev–Trinajstić information content (AvgIpc) is 3.29. The molecule has 1 aromatic carbocycles. The molecule has 5 heteroatoms. The van der Waals surface area contributed by atoms with Crippen LogP contribution in [0.2, 0.25) is 0 Å². The van der Waals surface area contributed by atoms with Crippen molar-refractivity contribution in [2.24, 2.45) is 0 Å². The van der Waals surface area contributed by atoms with Gasteiger partial charge < -0.3 is 9.30 Å². The van der Waals surface area contributed by atoms with E-state index in [0.717, 1.165) is 35.2 Å². The van der Waals surface area contributed by atoms with E-state index in [9.17, 15) is 0 Å². The maximum absolute atomic E-state index is 6.09. The van der Waals surface area contributed by atoms with Gasteiger partial charge in [-0.3, -0.25) is 4.90 Å². The fraction of sp³-hybridized carbons (Fsp3) is 0.562. The van der Waals surface area contributed by atoms with E-state index in [4.69, 9.17) is 16.3 Å². The fourth-order valence-electron chi connectivity index (χ4n) is 2.82. The lowest BCUT2D eigenvalue weighted by Gasteiger charge is -2.25. The number of hydrogen-bond acceptors (Lipinski definition) is 3. The highest BCUT2D eigenvalue weighted by atomic mass is 35.5. The largest absolute Gasteiger partial charge is 0.497 e. The molecule has 1 aromatic heterocycles. The van der Waals surface area contributed by atoms with Gasteiger partial charge >= 0.3 is 0 Å². The van der Waals surface area contributed by atoms with E-state index < -0.39 is 0 Å². The first-order valence-corrected chi connectivity index (χ1v) is 7.98. The van der Waals surface area contributed by atoms with Crippen LogP contribution in [0.5, 0.6) is 5.75 Å². The van der Waals surface area contributed by atoms with Crippen molar-refractivity contribution in [2.75, 3.05) is 14.2 Å². The molecule has 1 atom stereocenters. The summed E-state index contributed by atoms with van der Waals surface area (Å²) in [6.45, 7) is 3.17. The summed E-state index contributed by atoms with van der Waals surface area (Å²) in [5, 5.41) is 0. The average molecular weight is 308 g/mol. The first kappa shape index (κ1) is 14.7. The van der Waals surface area contributed by atoms with Crippen molar-refractivity contribution in [3.05, 3.63) is 24.0 Å². The predicted octanol–water partition coefficient (Wildman–Crippen LogP) is 3.27. The Balaban J connectivity index is 1.94. The molecule has 0 N–H and O–H groups in total. The first-order valence-electron chi connectivity index (χ1n) is 7.45. The lowest BCUT2D eigenvalue weighted by Crippen LogP contribution is -2.34. The van der Waals surface area contributed by atoms with Crippen molar-refractivity contribution >= 4 is 22.6 Å². The van der Waals surface area contributed by atoms with Crippen molar-refractivity contribution < 1.29 is 4.74 Å². The molecule has 1 aliphatic carbocycles. The zero-order valence-electron chi connectivity index (χ0n) is 12.8. The summed E-state index contributed by atoms with van der Waals surface area (Å²) < 4.78 is 7.57. The summed E-state index contributed by atoms with van der Waals surface area (Å²) in [4.78, 5) is 7.10. The lowest BCUT2D eigenvalue weighted by atomic mass is 10.2. The second kappa shape index (κ2) is 5.85. The Bertz CT molecular complexity index is 636. The Morgan fingerprint density at radius 3 is 2.86 bits per heavy atom. The number of nitrogens with zero attached hydrogens (tertiary/aromatic N) is 3. The molecule has 4 nitrogen and oxygen atoms in total. The monoisotopic (exact) mass is 307 g/mol. The highest BCUT2D eigenvalue weighted by Crippen LogP contribution is 2.28. The molecule has 0 radical (unpaired) electrons. The van der Waals surface area contributed by atoms with Crippen molar-refractivity contribution in [1.82, 2.24) is 14.5 Å². The van der Waals surface area contributed by atoms with Crippen LogP contribution in [0.1, 0.15) is 25.6 Å². The third kappa shape index (κ3) is 2.87. The molecule has 0 aliphatic heterocycles. The number of aromatic nitrogens is 2. The van der Waals surface area contributed by atoms with Gasteiger partial charge in [0.2, 0.25) is 0 Å². The van der Waals surface area contributed by atoms with Crippen molar-refractivity contribution in [2.45, 2.75) is 44.3 Å². The number of methoxy groups -OCH3 is 1. The number of likely N-dealkylation sites (N-methyl/N-ethyl adjacent to an activating group) is 1. The second-order valence-electron chi connectivity index (χ2n) is 5.87. The van der Waals surface area contributed by atoms with Crippen LogP contribution >= 0.6 is 11.6 Å². The maximum atomic E-state index is 6.09. The van der Waals surface area contributed by atoms with E-state index in [2.05, 4.69) is 28.4 Å². The normalized spacial score (nSPS) is 16.6. The zero-order valence-corrected chi connectivity index (χ0v) is 13.6. The molecular weight excluding hydrogens is 286 g/mol.